The summed E-state index contributed by atoms with van der Waals surface area (Å²) >= 11 is 0. The third kappa shape index (κ3) is 4.21. The molecule has 1 aliphatic heterocycles. The molecule has 31 heavy (non-hydrogen) atoms. The predicted octanol–water partition coefficient (Wildman–Crippen LogP) is 5.27. The summed E-state index contributed by atoms with van der Waals surface area (Å²) in [5.74, 6) is 0.0504. The summed E-state index contributed by atoms with van der Waals surface area (Å²) in [4.78, 5) is 15.0. The largest absolute Gasteiger partial charge is 0.353 e. The summed E-state index contributed by atoms with van der Waals surface area (Å²) in [7, 11) is 0. The molecule has 5 nitrogen and oxygen atoms in total. The highest BCUT2D eigenvalue weighted by Crippen LogP contribution is 2.28. The molecule has 0 aliphatic carbocycles. The Kier molecular flexibility index (Phi) is 5.23. The fraction of sp³-hybridized carbons (Fsp3) is 0.154. The minimum absolute atomic E-state index is 0.0504. The first-order valence-corrected chi connectivity index (χ1v) is 10.6. The molecular weight excluding hydrogens is 384 g/mol. The fourth-order valence-electron chi connectivity index (χ4n) is 4.05. The van der Waals surface area contributed by atoms with Gasteiger partial charge in [-0.1, -0.05) is 48.5 Å². The minimum Gasteiger partial charge on any atom is -0.353 e. The van der Waals surface area contributed by atoms with E-state index >= 15 is 0 Å². The number of amides is 1. The lowest BCUT2D eigenvalue weighted by Crippen LogP contribution is -2.35. The van der Waals surface area contributed by atoms with Gasteiger partial charge in [-0.25, -0.2) is 0 Å². The van der Waals surface area contributed by atoms with Crippen molar-refractivity contribution in [1.29, 1.82) is 0 Å². The molecule has 154 valence electrons. The van der Waals surface area contributed by atoms with Crippen LogP contribution < -0.4 is 10.2 Å². The van der Waals surface area contributed by atoms with Gasteiger partial charge in [0.1, 0.15) is 0 Å². The van der Waals surface area contributed by atoms with Gasteiger partial charge < -0.3 is 10.2 Å². The Balaban J connectivity index is 1.26. The predicted molar refractivity (Wildman–Crippen MR) is 124 cm³/mol. The summed E-state index contributed by atoms with van der Waals surface area (Å²) in [5.41, 5.74) is 6.02. The van der Waals surface area contributed by atoms with Crippen molar-refractivity contribution in [2.75, 3.05) is 16.8 Å². The van der Waals surface area contributed by atoms with Crippen LogP contribution in [0.4, 0.5) is 17.1 Å². The highest BCUT2D eigenvalue weighted by atomic mass is 16.2. The van der Waals surface area contributed by atoms with E-state index in [2.05, 4.69) is 28.6 Å². The third-order valence-corrected chi connectivity index (χ3v) is 5.60. The van der Waals surface area contributed by atoms with E-state index in [0.717, 1.165) is 43.0 Å². The van der Waals surface area contributed by atoms with Crippen molar-refractivity contribution >= 4 is 23.0 Å². The highest BCUT2D eigenvalue weighted by Gasteiger charge is 2.23. The Morgan fingerprint density at radius 3 is 2.52 bits per heavy atom. The fourth-order valence-corrected chi connectivity index (χ4v) is 4.05. The molecule has 0 saturated heterocycles. The molecular formula is C26H24N4O. The summed E-state index contributed by atoms with van der Waals surface area (Å²) < 4.78 is 1.91. The number of rotatable bonds is 5. The molecule has 2 heterocycles. The quantitative estimate of drug-likeness (QED) is 0.490. The van der Waals surface area contributed by atoms with E-state index in [1.54, 1.807) is 0 Å². The zero-order chi connectivity index (χ0) is 21.0. The van der Waals surface area contributed by atoms with Gasteiger partial charge in [-0.2, -0.15) is 5.10 Å². The second kappa shape index (κ2) is 8.48. The molecule has 0 unspecified atom stereocenters. The number of aryl methyl sites for hydroxylation is 1. The first kappa shape index (κ1) is 19.1. The van der Waals surface area contributed by atoms with Crippen molar-refractivity contribution < 1.29 is 4.79 Å². The number of nitrogens with zero attached hydrogens (tertiary/aromatic N) is 3. The first-order chi connectivity index (χ1) is 15.3. The average molecular weight is 409 g/mol. The van der Waals surface area contributed by atoms with Gasteiger partial charge in [0.05, 0.1) is 18.4 Å². The van der Waals surface area contributed by atoms with Crippen molar-refractivity contribution in [2.45, 2.75) is 19.4 Å². The number of carbonyl (C=O) groups excluding carboxylic acids is 1. The zero-order valence-electron chi connectivity index (χ0n) is 17.2. The van der Waals surface area contributed by atoms with E-state index < -0.39 is 0 Å². The van der Waals surface area contributed by atoms with Gasteiger partial charge in [0.15, 0.2) is 0 Å². The van der Waals surface area contributed by atoms with Gasteiger partial charge in [-0.3, -0.25) is 9.48 Å². The molecule has 5 heteroatoms. The Morgan fingerprint density at radius 2 is 1.68 bits per heavy atom. The molecule has 0 saturated carbocycles. The standard InChI is InChI=1S/C26H24N4O/c31-26(30-16-6-10-21-9-4-5-11-25(21)30)22-12-14-23(15-13-22)28-24-17-27-29(19-24)18-20-7-2-1-3-8-20/h1-5,7-9,11-15,17,19,28H,6,10,16,18H2. The number of carbonyl (C=O) groups is 1. The van der Waals surface area contributed by atoms with Crippen LogP contribution in [-0.2, 0) is 13.0 Å². The van der Waals surface area contributed by atoms with Crippen molar-refractivity contribution in [3.8, 4) is 0 Å². The number of benzene rings is 3. The Labute approximate surface area is 182 Å². The van der Waals surface area contributed by atoms with Gasteiger partial charge >= 0.3 is 0 Å². The number of anilines is 3. The maximum absolute atomic E-state index is 13.1. The van der Waals surface area contributed by atoms with Crippen molar-refractivity contribution in [3.63, 3.8) is 0 Å². The molecule has 3 aromatic carbocycles. The summed E-state index contributed by atoms with van der Waals surface area (Å²) in [6.07, 6.45) is 5.82. The second-order valence-corrected chi connectivity index (χ2v) is 7.80. The van der Waals surface area contributed by atoms with E-state index in [1.165, 1.54) is 11.1 Å². The summed E-state index contributed by atoms with van der Waals surface area (Å²) in [5, 5.41) is 7.79. The van der Waals surface area contributed by atoms with Crippen LogP contribution in [0.2, 0.25) is 0 Å². The zero-order valence-corrected chi connectivity index (χ0v) is 17.2. The molecule has 0 radical (unpaired) electrons. The number of para-hydroxylation sites is 1. The Morgan fingerprint density at radius 1 is 0.903 bits per heavy atom. The van der Waals surface area contributed by atoms with E-state index in [4.69, 9.17) is 0 Å². The topological polar surface area (TPSA) is 50.2 Å². The van der Waals surface area contributed by atoms with Gasteiger partial charge in [-0.05, 0) is 54.3 Å². The molecule has 0 fully saturated rings. The van der Waals surface area contributed by atoms with Crippen LogP contribution in [0, 0.1) is 0 Å². The highest BCUT2D eigenvalue weighted by molar-refractivity contribution is 6.06. The molecule has 1 amide bonds. The number of aromatic nitrogens is 2. The molecule has 1 N–H and O–H groups in total. The van der Waals surface area contributed by atoms with Crippen molar-refractivity contribution in [2.24, 2.45) is 0 Å². The van der Waals surface area contributed by atoms with Gasteiger partial charge in [0.25, 0.3) is 5.91 Å². The average Bonchev–Trinajstić information content (AvgIpc) is 3.26. The Hall–Kier alpha value is -3.86. The molecule has 1 aromatic heterocycles. The van der Waals surface area contributed by atoms with Crippen LogP contribution in [0.15, 0.2) is 91.3 Å². The summed E-state index contributed by atoms with van der Waals surface area (Å²) in [6.45, 7) is 1.49. The van der Waals surface area contributed by atoms with Crippen LogP contribution in [0.5, 0.6) is 0 Å². The summed E-state index contributed by atoms with van der Waals surface area (Å²) in [6, 6.07) is 26.1. The van der Waals surface area contributed by atoms with Crippen LogP contribution >= 0.6 is 0 Å². The minimum atomic E-state index is 0.0504. The molecule has 1 aliphatic rings. The Bertz CT molecular complexity index is 1180. The lowest BCUT2D eigenvalue weighted by Gasteiger charge is -2.29. The van der Waals surface area contributed by atoms with E-state index in [-0.39, 0.29) is 5.91 Å². The van der Waals surface area contributed by atoms with Gasteiger partial charge in [0, 0.05) is 29.7 Å². The number of hydrogen-bond acceptors (Lipinski definition) is 3. The van der Waals surface area contributed by atoms with Crippen LogP contribution in [0.1, 0.15) is 27.9 Å². The lowest BCUT2D eigenvalue weighted by atomic mass is 10.0. The molecule has 0 spiro atoms. The molecule has 0 bridgehead atoms. The number of fused-ring (bicyclic) bond motifs is 1. The van der Waals surface area contributed by atoms with Crippen LogP contribution in [0.25, 0.3) is 0 Å². The van der Waals surface area contributed by atoms with Crippen LogP contribution in [-0.4, -0.2) is 22.2 Å². The lowest BCUT2D eigenvalue weighted by molar-refractivity contribution is 0.0985. The van der Waals surface area contributed by atoms with Crippen molar-refractivity contribution in [1.82, 2.24) is 9.78 Å². The van der Waals surface area contributed by atoms with E-state index in [9.17, 15) is 4.79 Å². The molecule has 5 rings (SSSR count). The second-order valence-electron chi connectivity index (χ2n) is 7.80. The maximum Gasteiger partial charge on any atom is 0.258 e. The normalized spacial score (nSPS) is 13.0. The van der Waals surface area contributed by atoms with Crippen molar-refractivity contribution in [3.05, 3.63) is 108 Å². The third-order valence-electron chi connectivity index (χ3n) is 5.60. The monoisotopic (exact) mass is 408 g/mol. The van der Waals surface area contributed by atoms with E-state index in [0.29, 0.717) is 5.56 Å². The van der Waals surface area contributed by atoms with E-state index in [1.807, 2.05) is 82.6 Å². The smallest absolute Gasteiger partial charge is 0.258 e. The maximum atomic E-state index is 13.1. The SMILES string of the molecule is O=C(c1ccc(Nc2cnn(Cc3ccccc3)c2)cc1)N1CCCc2ccccc21. The van der Waals surface area contributed by atoms with Crippen LogP contribution in [0.3, 0.4) is 0 Å². The molecule has 0 atom stereocenters. The first-order valence-electron chi connectivity index (χ1n) is 10.6. The molecule has 4 aromatic rings. The number of hydrogen-bond donors (Lipinski definition) is 1. The number of nitrogens with one attached hydrogen (secondary N) is 1. The van der Waals surface area contributed by atoms with Gasteiger partial charge in [0.2, 0.25) is 0 Å². The van der Waals surface area contributed by atoms with Gasteiger partial charge in [-0.15, -0.1) is 0 Å².